The number of rotatable bonds is 5. The highest BCUT2D eigenvalue weighted by Crippen LogP contribution is 2.28. The van der Waals surface area contributed by atoms with Crippen molar-refractivity contribution in [1.82, 2.24) is 15.2 Å². The molecule has 106 valence electrons. The van der Waals surface area contributed by atoms with Crippen LogP contribution in [-0.4, -0.2) is 41.7 Å². The predicted octanol–water partition coefficient (Wildman–Crippen LogP) is 2.18. The van der Waals surface area contributed by atoms with Crippen LogP contribution < -0.4 is 5.32 Å². The molecule has 4 nitrogen and oxygen atoms in total. The van der Waals surface area contributed by atoms with E-state index in [0.717, 1.165) is 37.3 Å². The molecule has 0 amide bonds. The average molecular weight is 281 g/mol. The lowest BCUT2D eigenvalue weighted by Gasteiger charge is -2.34. The van der Waals surface area contributed by atoms with Gasteiger partial charge < -0.3 is 10.1 Å². The highest BCUT2D eigenvalue weighted by Gasteiger charge is 2.26. The standard InChI is InChI=1S/C14H23N3OS/c1-10(2)17-5-6-18-13(9-17)14-16-8-12(19-14)7-15-11-3-4-11/h8,10-11,13,15H,3-7,9H2,1-2H3. The van der Waals surface area contributed by atoms with Crippen molar-refractivity contribution in [2.75, 3.05) is 19.7 Å². The molecule has 1 N–H and O–H groups in total. The zero-order valence-corrected chi connectivity index (χ0v) is 12.6. The molecule has 2 fully saturated rings. The van der Waals surface area contributed by atoms with Crippen LogP contribution >= 0.6 is 11.3 Å². The summed E-state index contributed by atoms with van der Waals surface area (Å²) in [6.07, 6.45) is 4.84. The number of thiazole rings is 1. The first-order valence-corrected chi connectivity index (χ1v) is 8.07. The molecule has 0 spiro atoms. The van der Waals surface area contributed by atoms with Crippen LogP contribution in [0, 0.1) is 0 Å². The van der Waals surface area contributed by atoms with Gasteiger partial charge in [0.2, 0.25) is 0 Å². The smallest absolute Gasteiger partial charge is 0.123 e. The molecule has 3 rings (SSSR count). The van der Waals surface area contributed by atoms with Crippen molar-refractivity contribution in [3.8, 4) is 0 Å². The van der Waals surface area contributed by atoms with Crippen LogP contribution in [0.2, 0.25) is 0 Å². The van der Waals surface area contributed by atoms with Crippen LogP contribution in [0.4, 0.5) is 0 Å². The maximum atomic E-state index is 5.88. The van der Waals surface area contributed by atoms with Gasteiger partial charge in [-0.3, -0.25) is 4.90 Å². The molecule has 19 heavy (non-hydrogen) atoms. The van der Waals surface area contributed by atoms with Crippen molar-refractivity contribution < 1.29 is 4.74 Å². The van der Waals surface area contributed by atoms with E-state index in [0.29, 0.717) is 6.04 Å². The van der Waals surface area contributed by atoms with Crippen molar-refractivity contribution >= 4 is 11.3 Å². The Bertz CT molecular complexity index is 417. The molecule has 2 aliphatic rings. The SMILES string of the molecule is CC(C)N1CCOC(c2ncc(CNC3CC3)s2)C1. The summed E-state index contributed by atoms with van der Waals surface area (Å²) in [7, 11) is 0. The number of nitrogens with zero attached hydrogens (tertiary/aromatic N) is 2. The Morgan fingerprint density at radius 2 is 2.37 bits per heavy atom. The summed E-state index contributed by atoms with van der Waals surface area (Å²) in [4.78, 5) is 8.35. The van der Waals surface area contributed by atoms with Gasteiger partial charge in [-0.05, 0) is 26.7 Å². The van der Waals surface area contributed by atoms with Crippen molar-refractivity contribution in [2.24, 2.45) is 0 Å². The minimum Gasteiger partial charge on any atom is -0.368 e. The van der Waals surface area contributed by atoms with Crippen molar-refractivity contribution in [3.05, 3.63) is 16.1 Å². The van der Waals surface area contributed by atoms with Gasteiger partial charge in [-0.2, -0.15) is 0 Å². The van der Waals surface area contributed by atoms with Crippen molar-refractivity contribution in [1.29, 1.82) is 0 Å². The van der Waals surface area contributed by atoms with Gasteiger partial charge in [-0.15, -0.1) is 11.3 Å². The quantitative estimate of drug-likeness (QED) is 0.897. The highest BCUT2D eigenvalue weighted by molar-refractivity contribution is 7.11. The minimum absolute atomic E-state index is 0.163. The zero-order chi connectivity index (χ0) is 13.2. The lowest BCUT2D eigenvalue weighted by atomic mass is 10.2. The number of morpholine rings is 1. The fraction of sp³-hybridized carbons (Fsp3) is 0.786. The molecular weight excluding hydrogens is 258 g/mol. The Balaban J connectivity index is 1.57. The van der Waals surface area contributed by atoms with Gasteiger partial charge in [0.25, 0.3) is 0 Å². The Hall–Kier alpha value is -0.490. The van der Waals surface area contributed by atoms with Gasteiger partial charge in [-0.25, -0.2) is 4.98 Å². The average Bonchev–Trinajstić information content (AvgIpc) is 3.13. The number of nitrogens with one attached hydrogen (secondary N) is 1. The molecule has 1 aliphatic heterocycles. The van der Waals surface area contributed by atoms with E-state index in [4.69, 9.17) is 4.74 Å². The fourth-order valence-corrected chi connectivity index (χ4v) is 3.28. The maximum absolute atomic E-state index is 5.88. The predicted molar refractivity (Wildman–Crippen MR) is 77.4 cm³/mol. The van der Waals surface area contributed by atoms with Gasteiger partial charge in [0.05, 0.1) is 6.61 Å². The van der Waals surface area contributed by atoms with E-state index in [1.807, 2.05) is 6.20 Å². The Morgan fingerprint density at radius 1 is 1.53 bits per heavy atom. The molecule has 2 heterocycles. The van der Waals surface area contributed by atoms with E-state index in [9.17, 15) is 0 Å². The Morgan fingerprint density at radius 3 is 3.11 bits per heavy atom. The highest BCUT2D eigenvalue weighted by atomic mass is 32.1. The monoisotopic (exact) mass is 281 g/mol. The lowest BCUT2D eigenvalue weighted by Crippen LogP contribution is -2.42. The third-order valence-corrected chi connectivity index (χ3v) is 4.91. The van der Waals surface area contributed by atoms with Gasteiger partial charge in [0.15, 0.2) is 0 Å². The molecule has 0 bridgehead atoms. The second-order valence-corrected chi connectivity index (χ2v) is 6.91. The Labute approximate surface area is 119 Å². The van der Waals surface area contributed by atoms with E-state index in [2.05, 4.69) is 29.0 Å². The van der Waals surface area contributed by atoms with Crippen molar-refractivity contribution in [2.45, 2.75) is 51.4 Å². The van der Waals surface area contributed by atoms with Gasteiger partial charge in [0.1, 0.15) is 11.1 Å². The van der Waals surface area contributed by atoms with E-state index in [1.165, 1.54) is 17.7 Å². The number of ether oxygens (including phenoxy) is 1. The zero-order valence-electron chi connectivity index (χ0n) is 11.8. The first-order chi connectivity index (χ1) is 9.22. The van der Waals surface area contributed by atoms with E-state index < -0.39 is 0 Å². The second-order valence-electron chi connectivity index (χ2n) is 5.77. The van der Waals surface area contributed by atoms with Crippen LogP contribution in [-0.2, 0) is 11.3 Å². The molecule has 1 saturated heterocycles. The van der Waals surface area contributed by atoms with Crippen LogP contribution in [0.1, 0.15) is 42.7 Å². The van der Waals surface area contributed by atoms with Crippen molar-refractivity contribution in [3.63, 3.8) is 0 Å². The van der Waals surface area contributed by atoms with Gasteiger partial charge in [-0.1, -0.05) is 0 Å². The summed E-state index contributed by atoms with van der Waals surface area (Å²) < 4.78 is 5.88. The largest absolute Gasteiger partial charge is 0.368 e. The molecule has 1 aromatic heterocycles. The van der Waals surface area contributed by atoms with Crippen LogP contribution in [0.25, 0.3) is 0 Å². The normalized spacial score (nSPS) is 25.1. The molecule has 1 unspecified atom stereocenters. The first kappa shape index (κ1) is 13.5. The summed E-state index contributed by atoms with van der Waals surface area (Å²) in [5.41, 5.74) is 0. The minimum atomic E-state index is 0.163. The third kappa shape index (κ3) is 3.54. The molecule has 0 aromatic carbocycles. The van der Waals surface area contributed by atoms with Gasteiger partial charge in [0, 0.05) is 42.8 Å². The Kier molecular flexibility index (Phi) is 4.17. The molecule has 0 radical (unpaired) electrons. The molecule has 1 aromatic rings. The number of aromatic nitrogens is 1. The summed E-state index contributed by atoms with van der Waals surface area (Å²) >= 11 is 1.80. The number of hydrogen-bond donors (Lipinski definition) is 1. The van der Waals surface area contributed by atoms with E-state index in [-0.39, 0.29) is 6.10 Å². The van der Waals surface area contributed by atoms with Crippen LogP contribution in [0.5, 0.6) is 0 Å². The first-order valence-electron chi connectivity index (χ1n) is 7.26. The second kappa shape index (κ2) is 5.87. The summed E-state index contributed by atoms with van der Waals surface area (Å²) in [6.45, 7) is 8.28. The summed E-state index contributed by atoms with van der Waals surface area (Å²) in [6, 6.07) is 1.34. The lowest BCUT2D eigenvalue weighted by molar-refractivity contribution is -0.0402. The summed E-state index contributed by atoms with van der Waals surface area (Å²) in [5, 5.41) is 4.67. The van der Waals surface area contributed by atoms with Crippen LogP contribution in [0.3, 0.4) is 0 Å². The summed E-state index contributed by atoms with van der Waals surface area (Å²) in [5.74, 6) is 0. The maximum Gasteiger partial charge on any atom is 0.123 e. The fourth-order valence-electron chi connectivity index (χ4n) is 2.37. The molecule has 1 aliphatic carbocycles. The van der Waals surface area contributed by atoms with E-state index >= 15 is 0 Å². The molecule has 1 atom stereocenters. The third-order valence-electron chi connectivity index (χ3n) is 3.82. The topological polar surface area (TPSA) is 37.4 Å². The molecular formula is C14H23N3OS. The van der Waals surface area contributed by atoms with Crippen LogP contribution in [0.15, 0.2) is 6.20 Å². The van der Waals surface area contributed by atoms with Gasteiger partial charge >= 0.3 is 0 Å². The number of hydrogen-bond acceptors (Lipinski definition) is 5. The molecule has 5 heteroatoms. The van der Waals surface area contributed by atoms with E-state index in [1.54, 1.807) is 11.3 Å². The molecule has 1 saturated carbocycles.